The van der Waals surface area contributed by atoms with E-state index in [9.17, 15) is 9.36 Å². The van der Waals surface area contributed by atoms with Crippen LogP contribution in [0, 0.1) is 0 Å². The van der Waals surface area contributed by atoms with Crippen molar-refractivity contribution in [1.29, 1.82) is 0 Å². The highest BCUT2D eigenvalue weighted by atomic mass is 35.7. The van der Waals surface area contributed by atoms with Crippen LogP contribution < -0.4 is 10.1 Å². The lowest BCUT2D eigenvalue weighted by Gasteiger charge is -2.50. The lowest BCUT2D eigenvalue weighted by molar-refractivity contribution is -0.145. The zero-order chi connectivity index (χ0) is 41.5. The third-order valence-corrected chi connectivity index (χ3v) is 13.1. The van der Waals surface area contributed by atoms with Crippen molar-refractivity contribution in [3.63, 3.8) is 0 Å². The number of ether oxygens (including phenoxy) is 2. The van der Waals surface area contributed by atoms with Crippen molar-refractivity contribution >= 4 is 41.1 Å². The van der Waals surface area contributed by atoms with Crippen molar-refractivity contribution in [3.05, 3.63) is 186 Å². The summed E-state index contributed by atoms with van der Waals surface area (Å²) in [6.07, 6.45) is 0.413. The number of fused-ring (bicyclic) bond motifs is 1. The molecule has 1 N–H and O–H groups in total. The van der Waals surface area contributed by atoms with Crippen molar-refractivity contribution < 1.29 is 23.4 Å². The van der Waals surface area contributed by atoms with E-state index in [-0.39, 0.29) is 37.4 Å². The average molecular weight is 842 g/mol. The van der Waals surface area contributed by atoms with E-state index in [1.54, 1.807) is 20.4 Å². The van der Waals surface area contributed by atoms with Crippen LogP contribution in [0.3, 0.4) is 0 Å². The topological polar surface area (TPSA) is 124 Å². The number of anilines is 1. The van der Waals surface area contributed by atoms with Crippen molar-refractivity contribution in [2.24, 2.45) is 0 Å². The summed E-state index contributed by atoms with van der Waals surface area (Å²) in [4.78, 5) is 30.1. The summed E-state index contributed by atoms with van der Waals surface area (Å²) in [5.41, 5.74) is 4.84. The number of aromatic nitrogens is 4. The van der Waals surface area contributed by atoms with E-state index in [2.05, 4.69) is 51.6 Å². The molecule has 3 unspecified atom stereocenters. The highest BCUT2D eigenvalue weighted by Crippen LogP contribution is 2.54. The number of benzene rings is 5. The van der Waals surface area contributed by atoms with Crippen LogP contribution in [0.25, 0.3) is 11.2 Å². The normalized spacial score (nSPS) is 17.0. The number of morpholine rings is 1. The van der Waals surface area contributed by atoms with Crippen molar-refractivity contribution in [1.82, 2.24) is 29.1 Å². The Morgan fingerprint density at radius 1 is 0.800 bits per heavy atom. The Bertz CT molecular complexity index is 2460. The predicted octanol–water partition coefficient (Wildman–Crippen LogP) is 8.70. The molecule has 306 valence electrons. The molecule has 1 amide bonds. The lowest BCUT2D eigenvalue weighted by Crippen LogP contribution is -2.57. The maximum Gasteiger partial charge on any atom is 0.362 e. The Hall–Kier alpha value is -5.72. The van der Waals surface area contributed by atoms with E-state index in [0.29, 0.717) is 24.3 Å². The van der Waals surface area contributed by atoms with Gasteiger partial charge in [-0.1, -0.05) is 152 Å². The SMILES string of the molecule is CN(C)P(=O)(Cl)OCC1CN(C(c2ccccc2)(c2ccccc2)c2ccccc2)CC(n2cnc3c(OCc4ccccc4)nc(NC(=O)Cc4ccccc4)nc32)O1. The molecule has 3 atom stereocenters. The Morgan fingerprint density at radius 2 is 1.33 bits per heavy atom. The number of carbonyl (C=O) groups is 1. The molecule has 0 spiro atoms. The number of hydrogen-bond acceptors (Lipinski definition) is 9. The van der Waals surface area contributed by atoms with Gasteiger partial charge in [0.15, 0.2) is 11.2 Å². The van der Waals surface area contributed by atoms with Crippen molar-refractivity contribution in [2.45, 2.75) is 30.9 Å². The zero-order valence-electron chi connectivity index (χ0n) is 33.3. The van der Waals surface area contributed by atoms with Gasteiger partial charge in [0, 0.05) is 13.1 Å². The van der Waals surface area contributed by atoms with Gasteiger partial charge in [-0.2, -0.15) is 9.97 Å². The van der Waals surface area contributed by atoms with Crippen molar-refractivity contribution in [3.8, 4) is 5.88 Å². The second kappa shape index (κ2) is 18.3. The summed E-state index contributed by atoms with van der Waals surface area (Å²) in [7, 11) is 3.22. The first kappa shape index (κ1) is 41.0. The summed E-state index contributed by atoms with van der Waals surface area (Å²) in [6, 6.07) is 50.3. The minimum Gasteiger partial charge on any atom is -0.471 e. The first-order valence-corrected chi connectivity index (χ1v) is 22.1. The molecule has 1 aliphatic rings. The van der Waals surface area contributed by atoms with Crippen LogP contribution in [0.1, 0.15) is 34.0 Å². The molecule has 12 nitrogen and oxygen atoms in total. The summed E-state index contributed by atoms with van der Waals surface area (Å²) in [5, 5.41) is 2.89. The number of carbonyl (C=O) groups excluding carboxylic acids is 1. The van der Waals surface area contributed by atoms with E-state index in [1.807, 2.05) is 120 Å². The van der Waals surface area contributed by atoms with Crippen LogP contribution in [-0.4, -0.2) is 74.9 Å². The molecule has 0 radical (unpaired) electrons. The van der Waals surface area contributed by atoms with Crippen molar-refractivity contribution in [2.75, 3.05) is 39.1 Å². The molecular formula is C46H45ClN7O5P. The number of hydrogen-bond donors (Lipinski definition) is 1. The predicted molar refractivity (Wildman–Crippen MR) is 233 cm³/mol. The molecule has 1 aliphatic heterocycles. The van der Waals surface area contributed by atoms with E-state index >= 15 is 0 Å². The van der Waals surface area contributed by atoms with E-state index in [4.69, 9.17) is 35.2 Å². The number of amides is 1. The molecule has 14 heteroatoms. The quantitative estimate of drug-likeness (QED) is 0.0792. The maximum atomic E-state index is 13.4. The van der Waals surface area contributed by atoms with Gasteiger partial charge in [-0.3, -0.25) is 24.1 Å². The highest BCUT2D eigenvalue weighted by molar-refractivity contribution is 7.83. The molecule has 7 aromatic rings. The molecule has 1 fully saturated rings. The van der Waals surface area contributed by atoms with Gasteiger partial charge >= 0.3 is 6.87 Å². The third-order valence-electron chi connectivity index (χ3n) is 10.5. The van der Waals surface area contributed by atoms with Crippen LogP contribution in [0.5, 0.6) is 5.88 Å². The number of imidazole rings is 1. The van der Waals surface area contributed by atoms with Gasteiger partial charge in [0.25, 0.3) is 0 Å². The largest absolute Gasteiger partial charge is 0.471 e. The van der Waals surface area contributed by atoms with Gasteiger partial charge in [0.1, 0.15) is 12.8 Å². The Balaban J connectivity index is 1.25. The third kappa shape index (κ3) is 8.90. The van der Waals surface area contributed by atoms with E-state index in [0.717, 1.165) is 27.8 Å². The fourth-order valence-corrected chi connectivity index (χ4v) is 8.40. The summed E-state index contributed by atoms with van der Waals surface area (Å²) < 4.78 is 35.7. The standard InChI is InChI=1S/C46H45ClN7O5P/c1-52(2)60(47,56)58-32-39-29-53(46(36-22-12-5-13-23-36,37-24-14-6-15-25-37)38-26-16-7-17-27-38)30-41(59-39)54-33-48-42-43(54)50-45(49-40(55)28-34-18-8-3-9-19-34)51-44(42)57-31-35-20-10-4-11-21-35/h3-27,33,39,41H,28-32H2,1-2H3,(H,49,50,51,55). The minimum absolute atomic E-state index is 0.0575. The molecule has 2 aromatic heterocycles. The van der Waals surface area contributed by atoms with Crippen LogP contribution in [0.4, 0.5) is 5.95 Å². The monoisotopic (exact) mass is 841 g/mol. The first-order chi connectivity index (χ1) is 29.2. The fourth-order valence-electron chi connectivity index (χ4n) is 7.65. The maximum absolute atomic E-state index is 13.4. The summed E-state index contributed by atoms with van der Waals surface area (Å²) in [6.45, 7) is -2.82. The smallest absolute Gasteiger partial charge is 0.362 e. The van der Waals surface area contributed by atoms with Gasteiger partial charge in [0.2, 0.25) is 17.7 Å². The van der Waals surface area contributed by atoms with Crippen LogP contribution >= 0.6 is 18.1 Å². The second-order valence-corrected chi connectivity index (χ2v) is 17.9. The van der Waals surface area contributed by atoms with E-state index in [1.165, 1.54) is 4.67 Å². The molecule has 8 rings (SSSR count). The van der Waals surface area contributed by atoms with Crippen LogP contribution in [-0.2, 0) is 37.2 Å². The Morgan fingerprint density at radius 3 is 1.88 bits per heavy atom. The van der Waals surface area contributed by atoms with Gasteiger partial charge in [-0.05, 0) is 53.2 Å². The number of rotatable bonds is 15. The molecule has 60 heavy (non-hydrogen) atoms. The fraction of sp³-hybridized carbons (Fsp3) is 0.217. The molecular weight excluding hydrogens is 797 g/mol. The van der Waals surface area contributed by atoms with Crippen LogP contribution in [0.15, 0.2) is 158 Å². The molecule has 0 aliphatic carbocycles. The molecule has 0 saturated carbocycles. The molecule has 0 bridgehead atoms. The Labute approximate surface area is 354 Å². The zero-order valence-corrected chi connectivity index (χ0v) is 34.9. The van der Waals surface area contributed by atoms with Gasteiger partial charge < -0.3 is 14.0 Å². The highest BCUT2D eigenvalue weighted by Gasteiger charge is 2.47. The van der Waals surface area contributed by atoms with E-state index < -0.39 is 24.7 Å². The van der Waals surface area contributed by atoms with Crippen LogP contribution in [0.2, 0.25) is 0 Å². The molecule has 1 saturated heterocycles. The van der Waals surface area contributed by atoms with Gasteiger partial charge in [0.05, 0.1) is 31.0 Å². The molecule has 3 heterocycles. The summed E-state index contributed by atoms with van der Waals surface area (Å²) in [5.74, 6) is -0.0313. The average Bonchev–Trinajstić information content (AvgIpc) is 3.71. The second-order valence-electron chi connectivity index (χ2n) is 14.7. The van der Waals surface area contributed by atoms with Gasteiger partial charge in [-0.25, -0.2) is 9.65 Å². The first-order valence-electron chi connectivity index (χ1n) is 19.6. The number of halogens is 1. The number of nitrogens with zero attached hydrogens (tertiary/aromatic N) is 6. The van der Waals surface area contributed by atoms with Gasteiger partial charge in [-0.15, -0.1) is 0 Å². The Kier molecular flexibility index (Phi) is 12.5. The lowest BCUT2D eigenvalue weighted by atomic mass is 9.75. The minimum atomic E-state index is -3.66. The summed E-state index contributed by atoms with van der Waals surface area (Å²) >= 11 is 6.43. The molecule has 5 aromatic carbocycles. The number of nitrogens with one attached hydrogen (secondary N) is 1.